The summed E-state index contributed by atoms with van der Waals surface area (Å²) in [6, 6.07) is 2.88. The zero-order valence-corrected chi connectivity index (χ0v) is 8.48. The van der Waals surface area contributed by atoms with Crippen LogP contribution in [0.3, 0.4) is 0 Å². The monoisotopic (exact) mass is 182 g/mol. The van der Waals surface area contributed by atoms with Gasteiger partial charge in [-0.05, 0) is 30.0 Å². The van der Waals surface area contributed by atoms with Gasteiger partial charge in [-0.1, -0.05) is 20.8 Å². The maximum Gasteiger partial charge on any atom is 0.126 e. The first-order chi connectivity index (χ1) is 5.82. The summed E-state index contributed by atoms with van der Waals surface area (Å²) in [6.07, 6.45) is 0. The van der Waals surface area contributed by atoms with Crippen LogP contribution in [0.4, 0.5) is 4.39 Å². The molecular formula is C11H15FO. The van der Waals surface area contributed by atoms with Gasteiger partial charge in [-0.2, -0.15) is 0 Å². The number of rotatable bonds is 0. The van der Waals surface area contributed by atoms with E-state index < -0.39 is 0 Å². The van der Waals surface area contributed by atoms with Crippen LogP contribution in [0.5, 0.6) is 5.75 Å². The van der Waals surface area contributed by atoms with Crippen LogP contribution < -0.4 is 0 Å². The number of phenols is 1. The van der Waals surface area contributed by atoms with Crippen molar-refractivity contribution in [3.8, 4) is 5.75 Å². The van der Waals surface area contributed by atoms with Gasteiger partial charge >= 0.3 is 0 Å². The molecule has 1 rings (SSSR count). The molecule has 1 nitrogen and oxygen atoms in total. The number of halogens is 1. The molecule has 0 saturated heterocycles. The van der Waals surface area contributed by atoms with Gasteiger partial charge in [-0.25, -0.2) is 4.39 Å². The van der Waals surface area contributed by atoms with E-state index in [0.29, 0.717) is 11.1 Å². The van der Waals surface area contributed by atoms with Crippen LogP contribution in [0.2, 0.25) is 0 Å². The molecule has 13 heavy (non-hydrogen) atoms. The van der Waals surface area contributed by atoms with Gasteiger partial charge < -0.3 is 5.11 Å². The molecule has 0 saturated carbocycles. The average molecular weight is 182 g/mol. The minimum Gasteiger partial charge on any atom is -0.508 e. The van der Waals surface area contributed by atoms with Crippen LogP contribution in [0, 0.1) is 12.7 Å². The summed E-state index contributed by atoms with van der Waals surface area (Å²) in [7, 11) is 0. The van der Waals surface area contributed by atoms with Gasteiger partial charge in [0, 0.05) is 5.56 Å². The molecule has 0 bridgehead atoms. The van der Waals surface area contributed by atoms with Crippen LogP contribution in [0.25, 0.3) is 0 Å². The van der Waals surface area contributed by atoms with E-state index in [1.54, 1.807) is 6.92 Å². The molecule has 2 heteroatoms. The van der Waals surface area contributed by atoms with Crippen LogP contribution in [-0.2, 0) is 5.41 Å². The molecule has 0 spiro atoms. The second kappa shape index (κ2) is 3.02. The lowest BCUT2D eigenvalue weighted by Crippen LogP contribution is -2.12. The van der Waals surface area contributed by atoms with Crippen molar-refractivity contribution < 1.29 is 9.50 Å². The summed E-state index contributed by atoms with van der Waals surface area (Å²) in [5, 5.41) is 9.58. The fourth-order valence-electron chi connectivity index (χ4n) is 1.27. The summed E-state index contributed by atoms with van der Waals surface area (Å²) < 4.78 is 13.2. The number of hydrogen-bond acceptors (Lipinski definition) is 1. The highest BCUT2D eigenvalue weighted by Crippen LogP contribution is 2.32. The van der Waals surface area contributed by atoms with Crippen molar-refractivity contribution in [2.75, 3.05) is 0 Å². The highest BCUT2D eigenvalue weighted by atomic mass is 19.1. The second-order valence-electron chi connectivity index (χ2n) is 4.37. The van der Waals surface area contributed by atoms with E-state index >= 15 is 0 Å². The van der Waals surface area contributed by atoms with Crippen LogP contribution in [0.15, 0.2) is 12.1 Å². The maximum absolute atomic E-state index is 13.2. The summed E-state index contributed by atoms with van der Waals surface area (Å²) in [6.45, 7) is 7.46. The Labute approximate surface area is 78.2 Å². The van der Waals surface area contributed by atoms with E-state index in [1.165, 1.54) is 12.1 Å². The first-order valence-corrected chi connectivity index (χ1v) is 4.32. The zero-order valence-electron chi connectivity index (χ0n) is 8.48. The number of aryl methyl sites for hydroxylation is 1. The quantitative estimate of drug-likeness (QED) is 0.653. The summed E-state index contributed by atoms with van der Waals surface area (Å²) in [5.74, 6) is -0.0888. The maximum atomic E-state index is 13.2. The summed E-state index contributed by atoms with van der Waals surface area (Å²) in [5.41, 5.74) is 0.902. The predicted octanol–water partition coefficient (Wildman–Crippen LogP) is 3.14. The van der Waals surface area contributed by atoms with Crippen molar-refractivity contribution in [3.63, 3.8) is 0 Å². The molecule has 0 aliphatic carbocycles. The van der Waals surface area contributed by atoms with Crippen molar-refractivity contribution in [3.05, 3.63) is 29.1 Å². The third kappa shape index (κ3) is 2.00. The molecule has 0 atom stereocenters. The van der Waals surface area contributed by atoms with Crippen LogP contribution in [0.1, 0.15) is 31.9 Å². The Morgan fingerprint density at radius 1 is 1.23 bits per heavy atom. The van der Waals surface area contributed by atoms with Crippen molar-refractivity contribution >= 4 is 0 Å². The molecule has 1 N–H and O–H groups in total. The van der Waals surface area contributed by atoms with Crippen molar-refractivity contribution in [2.24, 2.45) is 0 Å². The van der Waals surface area contributed by atoms with Gasteiger partial charge in [-0.15, -0.1) is 0 Å². The van der Waals surface area contributed by atoms with Crippen molar-refractivity contribution in [1.82, 2.24) is 0 Å². The average Bonchev–Trinajstić information content (AvgIpc) is 1.94. The summed E-state index contributed by atoms with van der Waals surface area (Å²) in [4.78, 5) is 0. The Bertz CT molecular complexity index is 324. The molecule has 0 amide bonds. The third-order valence-corrected chi connectivity index (χ3v) is 2.08. The van der Waals surface area contributed by atoms with E-state index in [9.17, 15) is 9.50 Å². The molecule has 0 heterocycles. The Kier molecular flexibility index (Phi) is 2.33. The lowest BCUT2D eigenvalue weighted by atomic mass is 9.86. The minimum atomic E-state index is -0.261. The van der Waals surface area contributed by atoms with E-state index in [0.717, 1.165) is 0 Å². The lowest BCUT2D eigenvalue weighted by Gasteiger charge is -2.20. The van der Waals surface area contributed by atoms with Gasteiger partial charge in [0.1, 0.15) is 11.6 Å². The molecular weight excluding hydrogens is 167 g/mol. The van der Waals surface area contributed by atoms with Gasteiger partial charge in [0.15, 0.2) is 0 Å². The number of hydrogen-bond donors (Lipinski definition) is 1. The van der Waals surface area contributed by atoms with Gasteiger partial charge in [0.05, 0.1) is 0 Å². The molecule has 1 aromatic carbocycles. The first kappa shape index (κ1) is 10.0. The van der Waals surface area contributed by atoms with Crippen molar-refractivity contribution in [1.29, 1.82) is 0 Å². The van der Waals surface area contributed by atoms with E-state index in [2.05, 4.69) is 0 Å². The highest BCUT2D eigenvalue weighted by molar-refractivity contribution is 5.40. The fraction of sp³-hybridized carbons (Fsp3) is 0.455. The van der Waals surface area contributed by atoms with Gasteiger partial charge in [0.2, 0.25) is 0 Å². The summed E-state index contributed by atoms with van der Waals surface area (Å²) >= 11 is 0. The Balaban J connectivity index is 3.32. The molecule has 0 aliphatic heterocycles. The topological polar surface area (TPSA) is 20.2 Å². The highest BCUT2D eigenvalue weighted by Gasteiger charge is 2.19. The van der Waals surface area contributed by atoms with Crippen LogP contribution >= 0.6 is 0 Å². The first-order valence-electron chi connectivity index (χ1n) is 4.32. The van der Waals surface area contributed by atoms with E-state index in [1.807, 2.05) is 20.8 Å². The lowest BCUT2D eigenvalue weighted by molar-refractivity contribution is 0.442. The minimum absolute atomic E-state index is 0.173. The van der Waals surface area contributed by atoms with Crippen molar-refractivity contribution in [2.45, 2.75) is 33.1 Å². The molecule has 0 aliphatic rings. The fourth-order valence-corrected chi connectivity index (χ4v) is 1.27. The SMILES string of the molecule is Cc1cc(O)c(C(C)(C)C)cc1F. The number of benzene rings is 1. The molecule has 1 aromatic rings. The number of aromatic hydroxyl groups is 1. The molecule has 0 aromatic heterocycles. The Hall–Kier alpha value is -1.05. The normalized spacial score (nSPS) is 11.8. The molecule has 0 radical (unpaired) electrons. The smallest absolute Gasteiger partial charge is 0.126 e. The molecule has 0 unspecified atom stereocenters. The van der Waals surface area contributed by atoms with Crippen LogP contribution in [-0.4, -0.2) is 5.11 Å². The van der Waals surface area contributed by atoms with E-state index in [-0.39, 0.29) is 17.0 Å². The number of phenolic OH excluding ortho intramolecular Hbond substituents is 1. The predicted molar refractivity (Wildman–Crippen MR) is 51.5 cm³/mol. The second-order valence-corrected chi connectivity index (χ2v) is 4.37. The molecule has 72 valence electrons. The Morgan fingerprint density at radius 2 is 1.77 bits per heavy atom. The molecule has 0 fully saturated rings. The Morgan fingerprint density at radius 3 is 2.23 bits per heavy atom. The van der Waals surface area contributed by atoms with Gasteiger partial charge in [-0.3, -0.25) is 0 Å². The standard InChI is InChI=1S/C11H15FO/c1-7-5-10(13)8(6-9(7)12)11(2,3)4/h5-6,13H,1-4H3. The third-order valence-electron chi connectivity index (χ3n) is 2.08. The largest absolute Gasteiger partial charge is 0.508 e. The van der Waals surface area contributed by atoms with Gasteiger partial charge in [0.25, 0.3) is 0 Å². The zero-order chi connectivity index (χ0) is 10.2. The van der Waals surface area contributed by atoms with E-state index in [4.69, 9.17) is 0 Å².